The Hall–Kier alpha value is -3.08. The molecule has 0 saturated carbocycles. The van der Waals surface area contributed by atoms with E-state index in [2.05, 4.69) is 14.9 Å². The van der Waals surface area contributed by atoms with Crippen LogP contribution in [0.1, 0.15) is 17.0 Å². The van der Waals surface area contributed by atoms with Crippen LogP contribution in [0.25, 0.3) is 11.5 Å². The molecule has 0 atom stereocenters. The highest BCUT2D eigenvalue weighted by Gasteiger charge is 2.32. The smallest absolute Gasteiger partial charge is 0.416 e. The lowest BCUT2D eigenvalue weighted by Gasteiger charge is -2.15. The van der Waals surface area contributed by atoms with Crippen LogP contribution in [0.3, 0.4) is 0 Å². The van der Waals surface area contributed by atoms with Gasteiger partial charge in [0, 0.05) is 6.07 Å². The first-order valence-corrected chi connectivity index (χ1v) is 9.69. The van der Waals surface area contributed by atoms with Crippen LogP contribution in [0.4, 0.5) is 18.9 Å². The largest absolute Gasteiger partial charge is 0.496 e. The summed E-state index contributed by atoms with van der Waals surface area (Å²) in [4.78, 5) is 3.54. The monoisotopic (exact) mass is 427 g/mol. The van der Waals surface area contributed by atoms with E-state index in [-0.39, 0.29) is 17.1 Å². The number of nitrogens with zero attached hydrogens (tertiary/aromatic N) is 2. The molecule has 3 aromatic rings. The molecule has 29 heavy (non-hydrogen) atoms. The zero-order chi connectivity index (χ0) is 21.4. The minimum absolute atomic E-state index is 0.0218. The predicted molar refractivity (Wildman–Crippen MR) is 98.0 cm³/mol. The van der Waals surface area contributed by atoms with Gasteiger partial charge in [0.25, 0.3) is 15.9 Å². The van der Waals surface area contributed by atoms with Gasteiger partial charge in [-0.2, -0.15) is 18.2 Å². The summed E-state index contributed by atoms with van der Waals surface area (Å²) in [6.07, 6.45) is -4.68. The molecule has 0 aliphatic carbocycles. The Bertz CT molecular complexity index is 1160. The molecule has 1 heterocycles. The summed E-state index contributed by atoms with van der Waals surface area (Å²) in [5.74, 6) is 0.752. The van der Waals surface area contributed by atoms with Crippen molar-refractivity contribution < 1.29 is 30.8 Å². The number of hydrogen-bond acceptors (Lipinski definition) is 6. The summed E-state index contributed by atoms with van der Waals surface area (Å²) in [6, 6.07) is 6.42. The van der Waals surface area contributed by atoms with Crippen LogP contribution in [0.15, 0.2) is 45.8 Å². The highest BCUT2D eigenvalue weighted by atomic mass is 32.2. The summed E-state index contributed by atoms with van der Waals surface area (Å²) < 4.78 is 77.0. The molecule has 0 aliphatic heterocycles. The number of aromatic nitrogens is 2. The average Bonchev–Trinajstić information content (AvgIpc) is 3.08. The van der Waals surface area contributed by atoms with E-state index in [0.29, 0.717) is 23.2 Å². The van der Waals surface area contributed by atoms with Gasteiger partial charge in [-0.25, -0.2) is 8.42 Å². The summed E-state index contributed by atoms with van der Waals surface area (Å²) in [6.45, 7) is 3.33. The highest BCUT2D eigenvalue weighted by molar-refractivity contribution is 7.92. The van der Waals surface area contributed by atoms with Gasteiger partial charge >= 0.3 is 6.18 Å². The molecule has 0 bridgehead atoms. The van der Waals surface area contributed by atoms with Crippen molar-refractivity contribution in [2.45, 2.75) is 24.9 Å². The second-order valence-electron chi connectivity index (χ2n) is 6.15. The molecule has 1 aromatic heterocycles. The molecule has 0 amide bonds. The molecule has 2 aromatic carbocycles. The van der Waals surface area contributed by atoms with Crippen molar-refractivity contribution in [2.24, 2.45) is 0 Å². The third kappa shape index (κ3) is 4.34. The molecular weight excluding hydrogens is 411 g/mol. The molecule has 11 heteroatoms. The maximum absolute atomic E-state index is 13.0. The molecule has 0 spiro atoms. The molecule has 0 radical (unpaired) electrons. The number of rotatable bonds is 5. The molecule has 7 nitrogen and oxygen atoms in total. The number of aryl methyl sites for hydroxylation is 2. The minimum atomic E-state index is -4.68. The third-order valence-corrected chi connectivity index (χ3v) is 5.37. The fourth-order valence-corrected chi connectivity index (χ4v) is 3.74. The van der Waals surface area contributed by atoms with E-state index in [1.807, 2.05) is 0 Å². The van der Waals surface area contributed by atoms with E-state index in [1.165, 1.54) is 13.2 Å². The first-order chi connectivity index (χ1) is 13.5. The number of benzene rings is 2. The quantitative estimate of drug-likeness (QED) is 0.657. The SMILES string of the molecule is COc1cc(NS(=O)(=O)c2cccc(C(F)(F)F)c2)c(-c2nc(C)no2)cc1C. The zero-order valence-corrected chi connectivity index (χ0v) is 16.4. The van der Waals surface area contributed by atoms with Crippen molar-refractivity contribution in [3.8, 4) is 17.2 Å². The number of anilines is 1. The summed E-state index contributed by atoms with van der Waals surface area (Å²) >= 11 is 0. The lowest BCUT2D eigenvalue weighted by Crippen LogP contribution is -2.15. The molecule has 3 rings (SSSR count). The minimum Gasteiger partial charge on any atom is -0.496 e. The highest BCUT2D eigenvalue weighted by Crippen LogP contribution is 2.35. The summed E-state index contributed by atoms with van der Waals surface area (Å²) in [5, 5.41) is 3.68. The summed E-state index contributed by atoms with van der Waals surface area (Å²) in [5.41, 5.74) is -0.122. The van der Waals surface area contributed by atoms with E-state index in [4.69, 9.17) is 9.26 Å². The van der Waals surface area contributed by atoms with E-state index >= 15 is 0 Å². The number of alkyl halides is 3. The maximum atomic E-state index is 13.0. The zero-order valence-electron chi connectivity index (χ0n) is 15.5. The number of nitrogens with one attached hydrogen (secondary N) is 1. The lowest BCUT2D eigenvalue weighted by molar-refractivity contribution is -0.137. The van der Waals surface area contributed by atoms with Gasteiger partial charge in [-0.1, -0.05) is 11.2 Å². The number of sulfonamides is 1. The van der Waals surface area contributed by atoms with Crippen LogP contribution in [0.5, 0.6) is 5.75 Å². The predicted octanol–water partition coefficient (Wildman–Crippen LogP) is 4.18. The number of ether oxygens (including phenoxy) is 1. The Labute approximate surface area is 164 Å². The molecule has 154 valence electrons. The Kier molecular flexibility index (Phi) is 5.26. The Morgan fingerprint density at radius 3 is 2.45 bits per heavy atom. The van der Waals surface area contributed by atoms with Crippen LogP contribution < -0.4 is 9.46 Å². The van der Waals surface area contributed by atoms with Crippen LogP contribution in [0, 0.1) is 13.8 Å². The average molecular weight is 427 g/mol. The van der Waals surface area contributed by atoms with Gasteiger partial charge in [0.1, 0.15) is 5.75 Å². The van der Waals surface area contributed by atoms with Gasteiger partial charge < -0.3 is 9.26 Å². The standard InChI is InChI=1S/C18H16F3N3O4S/c1-10-7-14(17-22-11(2)23-28-17)15(9-16(10)27-3)24-29(25,26)13-6-4-5-12(8-13)18(19,20)21/h4-9,24H,1-3H3. The molecule has 0 saturated heterocycles. The van der Waals surface area contributed by atoms with E-state index in [0.717, 1.165) is 18.2 Å². The van der Waals surface area contributed by atoms with E-state index in [1.54, 1.807) is 19.9 Å². The normalized spacial score (nSPS) is 12.1. The second kappa shape index (κ2) is 7.39. The number of hydrogen-bond donors (Lipinski definition) is 1. The topological polar surface area (TPSA) is 94.3 Å². The Balaban J connectivity index is 2.09. The van der Waals surface area contributed by atoms with Gasteiger partial charge in [0.15, 0.2) is 5.82 Å². The maximum Gasteiger partial charge on any atom is 0.416 e. The van der Waals surface area contributed by atoms with Crippen molar-refractivity contribution >= 4 is 15.7 Å². The molecular formula is C18H16F3N3O4S. The van der Waals surface area contributed by atoms with Crippen molar-refractivity contribution in [1.82, 2.24) is 10.1 Å². The Morgan fingerprint density at radius 2 is 1.86 bits per heavy atom. The summed E-state index contributed by atoms with van der Waals surface area (Å²) in [7, 11) is -2.95. The lowest BCUT2D eigenvalue weighted by atomic mass is 10.1. The fourth-order valence-electron chi connectivity index (χ4n) is 2.62. The molecule has 1 N–H and O–H groups in total. The fraction of sp³-hybridized carbons (Fsp3) is 0.222. The van der Waals surface area contributed by atoms with Gasteiger partial charge in [0.05, 0.1) is 28.8 Å². The third-order valence-electron chi connectivity index (χ3n) is 4.01. The van der Waals surface area contributed by atoms with Gasteiger partial charge in [0.2, 0.25) is 0 Å². The number of methoxy groups -OCH3 is 1. The van der Waals surface area contributed by atoms with Crippen LogP contribution in [-0.2, 0) is 16.2 Å². The van der Waals surface area contributed by atoms with E-state index < -0.39 is 26.7 Å². The molecule has 0 unspecified atom stereocenters. The van der Waals surface area contributed by atoms with Crippen LogP contribution in [-0.4, -0.2) is 25.7 Å². The first-order valence-electron chi connectivity index (χ1n) is 8.20. The molecule has 0 fully saturated rings. The van der Waals surface area contributed by atoms with Crippen molar-refractivity contribution in [3.05, 3.63) is 53.3 Å². The van der Waals surface area contributed by atoms with Crippen molar-refractivity contribution in [1.29, 1.82) is 0 Å². The molecule has 0 aliphatic rings. The number of halogens is 3. The first kappa shape index (κ1) is 20.6. The van der Waals surface area contributed by atoms with Gasteiger partial charge in [-0.15, -0.1) is 0 Å². The van der Waals surface area contributed by atoms with Gasteiger partial charge in [-0.3, -0.25) is 4.72 Å². The van der Waals surface area contributed by atoms with Crippen LogP contribution in [0.2, 0.25) is 0 Å². The Morgan fingerprint density at radius 1 is 1.14 bits per heavy atom. The van der Waals surface area contributed by atoms with Crippen molar-refractivity contribution in [2.75, 3.05) is 11.8 Å². The van der Waals surface area contributed by atoms with Gasteiger partial charge in [-0.05, 0) is 43.7 Å². The van der Waals surface area contributed by atoms with Crippen LogP contribution >= 0.6 is 0 Å². The van der Waals surface area contributed by atoms with E-state index in [9.17, 15) is 21.6 Å². The van der Waals surface area contributed by atoms with Crippen molar-refractivity contribution in [3.63, 3.8) is 0 Å². The second-order valence-corrected chi connectivity index (χ2v) is 7.83.